The maximum atomic E-state index is 13.0. The number of hydrogen-bond acceptors (Lipinski definition) is 5. The van der Waals surface area contributed by atoms with Gasteiger partial charge in [-0.05, 0) is 69.7 Å². The molecule has 2 fully saturated rings. The Hall–Kier alpha value is -2.08. The van der Waals surface area contributed by atoms with Gasteiger partial charge in [0, 0.05) is 12.6 Å². The van der Waals surface area contributed by atoms with Gasteiger partial charge in [0.15, 0.2) is 0 Å². The lowest BCUT2D eigenvalue weighted by Gasteiger charge is -2.36. The van der Waals surface area contributed by atoms with Crippen molar-refractivity contribution in [2.24, 2.45) is 0 Å². The number of esters is 1. The SMILES string of the molecule is CCOC(=O)C1CCCCN1C(=O)CN1CCCC1Cc1cccc(OC)c1. The summed E-state index contributed by atoms with van der Waals surface area (Å²) in [7, 11) is 1.68. The molecule has 0 spiro atoms. The normalized spacial score (nSPS) is 22.9. The molecule has 6 nitrogen and oxygen atoms in total. The molecule has 0 bridgehead atoms. The first-order valence-corrected chi connectivity index (χ1v) is 10.5. The van der Waals surface area contributed by atoms with E-state index in [4.69, 9.17) is 9.47 Å². The second-order valence-corrected chi connectivity index (χ2v) is 7.67. The fraction of sp³-hybridized carbons (Fsp3) is 0.636. The van der Waals surface area contributed by atoms with Crippen molar-refractivity contribution in [2.45, 2.75) is 57.5 Å². The first-order chi connectivity index (χ1) is 13.6. The number of rotatable bonds is 7. The zero-order chi connectivity index (χ0) is 19.9. The second-order valence-electron chi connectivity index (χ2n) is 7.67. The number of hydrogen-bond donors (Lipinski definition) is 0. The van der Waals surface area contributed by atoms with Gasteiger partial charge in [-0.1, -0.05) is 12.1 Å². The number of carbonyl (C=O) groups is 2. The number of ether oxygens (including phenoxy) is 2. The van der Waals surface area contributed by atoms with Crippen LogP contribution < -0.4 is 4.74 Å². The van der Waals surface area contributed by atoms with E-state index in [9.17, 15) is 9.59 Å². The summed E-state index contributed by atoms with van der Waals surface area (Å²) in [6.45, 7) is 4.12. The molecule has 2 saturated heterocycles. The van der Waals surface area contributed by atoms with Crippen LogP contribution in [0.3, 0.4) is 0 Å². The summed E-state index contributed by atoms with van der Waals surface area (Å²) in [5.41, 5.74) is 1.23. The molecule has 1 aromatic rings. The average molecular weight is 389 g/mol. The number of carbonyl (C=O) groups excluding carboxylic acids is 2. The summed E-state index contributed by atoms with van der Waals surface area (Å²) in [5.74, 6) is 0.656. The van der Waals surface area contributed by atoms with Crippen molar-refractivity contribution in [1.82, 2.24) is 9.80 Å². The van der Waals surface area contributed by atoms with Gasteiger partial charge in [-0.15, -0.1) is 0 Å². The third-order valence-electron chi connectivity index (χ3n) is 5.82. The molecular formula is C22H32N2O4. The summed E-state index contributed by atoms with van der Waals surface area (Å²) in [4.78, 5) is 29.3. The van der Waals surface area contributed by atoms with Gasteiger partial charge in [-0.3, -0.25) is 9.69 Å². The highest BCUT2D eigenvalue weighted by Crippen LogP contribution is 2.24. The van der Waals surface area contributed by atoms with E-state index in [1.54, 1.807) is 18.9 Å². The summed E-state index contributed by atoms with van der Waals surface area (Å²) in [6, 6.07) is 8.08. The lowest BCUT2D eigenvalue weighted by atomic mass is 10.0. The van der Waals surface area contributed by atoms with Crippen molar-refractivity contribution in [3.63, 3.8) is 0 Å². The van der Waals surface area contributed by atoms with Crippen LogP contribution in [0.15, 0.2) is 24.3 Å². The molecule has 0 saturated carbocycles. The van der Waals surface area contributed by atoms with Crippen molar-refractivity contribution in [3.8, 4) is 5.75 Å². The summed E-state index contributed by atoms with van der Waals surface area (Å²) in [5, 5.41) is 0. The fourth-order valence-electron chi connectivity index (χ4n) is 4.38. The largest absolute Gasteiger partial charge is 0.497 e. The zero-order valence-electron chi connectivity index (χ0n) is 17.1. The van der Waals surface area contributed by atoms with Gasteiger partial charge in [0.2, 0.25) is 5.91 Å². The predicted molar refractivity (Wildman–Crippen MR) is 107 cm³/mol. The molecule has 2 unspecified atom stereocenters. The highest BCUT2D eigenvalue weighted by atomic mass is 16.5. The fourth-order valence-corrected chi connectivity index (χ4v) is 4.38. The lowest BCUT2D eigenvalue weighted by Crippen LogP contribution is -2.52. The predicted octanol–water partition coefficient (Wildman–Crippen LogP) is 2.65. The standard InChI is InChI=1S/C22H32N2O4/c1-3-28-22(26)20-11-4-5-13-24(20)21(25)16-23-12-7-9-18(23)14-17-8-6-10-19(15-17)27-2/h6,8,10,15,18,20H,3-5,7,9,11-14,16H2,1-2H3. The maximum absolute atomic E-state index is 13.0. The first kappa shape index (κ1) is 20.6. The molecule has 2 heterocycles. The molecule has 1 amide bonds. The molecule has 2 aliphatic rings. The molecule has 0 radical (unpaired) electrons. The molecular weight excluding hydrogens is 356 g/mol. The topological polar surface area (TPSA) is 59.1 Å². The smallest absolute Gasteiger partial charge is 0.328 e. The maximum Gasteiger partial charge on any atom is 0.328 e. The van der Waals surface area contributed by atoms with Crippen molar-refractivity contribution in [3.05, 3.63) is 29.8 Å². The lowest BCUT2D eigenvalue weighted by molar-refractivity contribution is -0.157. The molecule has 2 aliphatic heterocycles. The number of methoxy groups -OCH3 is 1. The van der Waals surface area contributed by atoms with E-state index in [0.29, 0.717) is 32.2 Å². The first-order valence-electron chi connectivity index (χ1n) is 10.5. The van der Waals surface area contributed by atoms with Crippen LogP contribution in [0.4, 0.5) is 0 Å². The number of likely N-dealkylation sites (tertiary alicyclic amines) is 2. The number of amides is 1. The van der Waals surface area contributed by atoms with Gasteiger partial charge in [0.25, 0.3) is 0 Å². The van der Waals surface area contributed by atoms with Crippen LogP contribution in [0.2, 0.25) is 0 Å². The Morgan fingerprint density at radius 2 is 2.00 bits per heavy atom. The molecule has 0 N–H and O–H groups in total. The minimum atomic E-state index is -0.416. The second kappa shape index (κ2) is 9.92. The van der Waals surface area contributed by atoms with Crippen LogP contribution in [0, 0.1) is 0 Å². The summed E-state index contributed by atoms with van der Waals surface area (Å²) < 4.78 is 10.5. The minimum Gasteiger partial charge on any atom is -0.497 e. The van der Waals surface area contributed by atoms with Crippen molar-refractivity contribution < 1.29 is 19.1 Å². The highest BCUT2D eigenvalue weighted by Gasteiger charge is 2.35. The van der Waals surface area contributed by atoms with E-state index in [0.717, 1.165) is 44.4 Å². The van der Waals surface area contributed by atoms with Crippen LogP contribution in [-0.4, -0.2) is 67.1 Å². The number of benzene rings is 1. The Bertz CT molecular complexity index is 678. The van der Waals surface area contributed by atoms with Crippen molar-refractivity contribution >= 4 is 11.9 Å². The molecule has 3 rings (SSSR count). The van der Waals surface area contributed by atoms with Gasteiger partial charge in [0.05, 0.1) is 20.3 Å². The van der Waals surface area contributed by atoms with E-state index >= 15 is 0 Å². The molecule has 6 heteroatoms. The molecule has 0 aromatic heterocycles. The molecule has 0 aliphatic carbocycles. The Morgan fingerprint density at radius 1 is 1.14 bits per heavy atom. The molecule has 2 atom stereocenters. The minimum absolute atomic E-state index is 0.0512. The van der Waals surface area contributed by atoms with Crippen LogP contribution in [0.25, 0.3) is 0 Å². The Kier molecular flexibility index (Phi) is 7.31. The van der Waals surface area contributed by atoms with E-state index in [2.05, 4.69) is 17.0 Å². The Labute approximate surface area is 167 Å². The molecule has 154 valence electrons. The van der Waals surface area contributed by atoms with Gasteiger partial charge < -0.3 is 14.4 Å². The quantitative estimate of drug-likeness (QED) is 0.672. The highest BCUT2D eigenvalue weighted by molar-refractivity contribution is 5.85. The van der Waals surface area contributed by atoms with Gasteiger partial charge >= 0.3 is 5.97 Å². The van der Waals surface area contributed by atoms with Crippen LogP contribution in [0.5, 0.6) is 5.75 Å². The van der Waals surface area contributed by atoms with E-state index in [-0.39, 0.29) is 11.9 Å². The van der Waals surface area contributed by atoms with Crippen molar-refractivity contribution in [2.75, 3.05) is 33.4 Å². The van der Waals surface area contributed by atoms with E-state index < -0.39 is 6.04 Å². The summed E-state index contributed by atoms with van der Waals surface area (Å²) in [6.07, 6.45) is 5.73. The summed E-state index contributed by atoms with van der Waals surface area (Å²) >= 11 is 0. The Morgan fingerprint density at radius 3 is 2.79 bits per heavy atom. The van der Waals surface area contributed by atoms with E-state index in [1.807, 2.05) is 12.1 Å². The van der Waals surface area contributed by atoms with Gasteiger partial charge in [-0.25, -0.2) is 4.79 Å². The molecule has 1 aromatic carbocycles. The third kappa shape index (κ3) is 5.04. The monoisotopic (exact) mass is 388 g/mol. The van der Waals surface area contributed by atoms with Crippen LogP contribution in [-0.2, 0) is 20.7 Å². The Balaban J connectivity index is 1.62. The van der Waals surface area contributed by atoms with E-state index in [1.165, 1.54) is 5.56 Å². The van der Waals surface area contributed by atoms with Gasteiger partial charge in [0.1, 0.15) is 11.8 Å². The van der Waals surface area contributed by atoms with Crippen LogP contribution in [0.1, 0.15) is 44.6 Å². The average Bonchev–Trinajstić information content (AvgIpc) is 3.14. The van der Waals surface area contributed by atoms with Gasteiger partial charge in [-0.2, -0.15) is 0 Å². The van der Waals surface area contributed by atoms with Crippen molar-refractivity contribution in [1.29, 1.82) is 0 Å². The number of nitrogens with zero attached hydrogens (tertiary/aromatic N) is 2. The zero-order valence-corrected chi connectivity index (χ0v) is 17.1. The van der Waals surface area contributed by atoms with Crippen LogP contribution >= 0.6 is 0 Å². The molecule has 28 heavy (non-hydrogen) atoms. The number of piperidine rings is 1. The third-order valence-corrected chi connectivity index (χ3v) is 5.82.